The molecule has 0 radical (unpaired) electrons. The van der Waals surface area contributed by atoms with Crippen LogP contribution in [-0.2, 0) is 61.8 Å². The molecule has 71 heavy (non-hydrogen) atoms. The molecule has 0 saturated carbocycles. The third kappa shape index (κ3) is 25.0. The maximum atomic E-state index is 13.3. The topological polar surface area (TPSA) is 232 Å². The lowest BCUT2D eigenvalue weighted by molar-refractivity contribution is -0.141. The summed E-state index contributed by atoms with van der Waals surface area (Å²) in [6.45, 7) is 19.0. The van der Waals surface area contributed by atoms with Gasteiger partial charge in [-0.15, -0.1) is 0 Å². The Morgan fingerprint density at radius 1 is 0.352 bits per heavy atom. The molecule has 3 aromatic carbocycles. The van der Waals surface area contributed by atoms with Crippen LogP contribution < -0.4 is 18.9 Å². The van der Waals surface area contributed by atoms with Gasteiger partial charge in [-0.25, -0.2) is 28.8 Å². The SMILES string of the molecule is C=C(C)C(=O)OCCOCCOCCOCCOc1ccc(C(=O)Oc2ccc(OC(=O)c3ccc(OCCOCCOCCOCCOC(=O)C(=C)C)cc3)c(C(=O)OCCOC(=O)C(=C)C)c2)cc1. The second-order valence-corrected chi connectivity index (χ2v) is 14.7. The van der Waals surface area contributed by atoms with Crippen molar-refractivity contribution in [3.05, 3.63) is 120 Å². The standard InChI is InChI=1S/C51H62O20/c1-36(2)46(52)66-31-27-62-23-19-58-17-21-60-25-29-64-41-11-7-39(8-12-41)49(55)70-43-15-16-45(44(35-43)51(57)69-34-33-68-48(54)38(5)6)71-50(56)40-9-13-42(14-10-40)65-30-26-61-22-18-59-20-24-63-28-32-67-47(53)37(3)4/h7-16,35H,1,3,5,17-34H2,2,4,6H3. The zero-order valence-electron chi connectivity index (χ0n) is 40.4. The first-order valence-electron chi connectivity index (χ1n) is 22.4. The minimum atomic E-state index is -0.959. The molecule has 0 aliphatic carbocycles. The fourth-order valence-corrected chi connectivity index (χ4v) is 5.14. The van der Waals surface area contributed by atoms with E-state index in [2.05, 4.69) is 19.7 Å². The second-order valence-electron chi connectivity index (χ2n) is 14.7. The largest absolute Gasteiger partial charge is 0.491 e. The van der Waals surface area contributed by atoms with Gasteiger partial charge in [-0.3, -0.25) is 0 Å². The van der Waals surface area contributed by atoms with Crippen molar-refractivity contribution < 1.29 is 95.1 Å². The van der Waals surface area contributed by atoms with E-state index in [9.17, 15) is 28.8 Å². The highest BCUT2D eigenvalue weighted by Crippen LogP contribution is 2.27. The highest BCUT2D eigenvalue weighted by Gasteiger charge is 2.21. The molecule has 0 fully saturated rings. The first-order valence-corrected chi connectivity index (χ1v) is 22.4. The van der Waals surface area contributed by atoms with Crippen LogP contribution in [0.15, 0.2) is 103 Å². The van der Waals surface area contributed by atoms with Gasteiger partial charge in [-0.2, -0.15) is 0 Å². The zero-order valence-corrected chi connectivity index (χ0v) is 40.4. The van der Waals surface area contributed by atoms with Gasteiger partial charge in [0.2, 0.25) is 0 Å². The lowest BCUT2D eigenvalue weighted by Crippen LogP contribution is -2.17. The van der Waals surface area contributed by atoms with Crippen LogP contribution in [0.5, 0.6) is 23.0 Å². The van der Waals surface area contributed by atoms with Crippen LogP contribution in [-0.4, -0.2) is 155 Å². The molecular formula is C51H62O20. The molecule has 3 rings (SSSR count). The van der Waals surface area contributed by atoms with E-state index < -0.39 is 35.8 Å². The molecule has 20 heteroatoms. The Bertz CT molecular complexity index is 2180. The summed E-state index contributed by atoms with van der Waals surface area (Å²) in [5.74, 6) is -3.46. The molecule has 0 spiro atoms. The predicted molar refractivity (Wildman–Crippen MR) is 253 cm³/mol. The fraction of sp³-hybridized carbons (Fsp3) is 0.412. The van der Waals surface area contributed by atoms with Crippen LogP contribution >= 0.6 is 0 Å². The highest BCUT2D eigenvalue weighted by molar-refractivity contribution is 5.97. The van der Waals surface area contributed by atoms with E-state index in [1.165, 1.54) is 49.4 Å². The van der Waals surface area contributed by atoms with Crippen molar-refractivity contribution >= 4 is 35.8 Å². The smallest absolute Gasteiger partial charge is 0.343 e. The van der Waals surface area contributed by atoms with E-state index in [0.29, 0.717) is 75.5 Å². The quantitative estimate of drug-likeness (QED) is 0.0228. The molecular weight excluding hydrogens is 933 g/mol. The molecule has 0 bridgehead atoms. The molecule has 0 atom stereocenters. The summed E-state index contributed by atoms with van der Waals surface area (Å²) in [6.07, 6.45) is 0. The molecule has 0 aromatic heterocycles. The second kappa shape index (κ2) is 34.4. The maximum Gasteiger partial charge on any atom is 0.343 e. The fourth-order valence-electron chi connectivity index (χ4n) is 5.14. The van der Waals surface area contributed by atoms with Gasteiger partial charge in [0.05, 0.1) is 90.4 Å². The number of hydrogen-bond acceptors (Lipinski definition) is 20. The number of hydrogen-bond donors (Lipinski definition) is 0. The average molecular weight is 995 g/mol. The van der Waals surface area contributed by atoms with E-state index in [-0.39, 0.29) is 99.8 Å². The molecule has 0 aliphatic rings. The van der Waals surface area contributed by atoms with Crippen LogP contribution in [0.3, 0.4) is 0 Å². The van der Waals surface area contributed by atoms with Crippen molar-refractivity contribution in [2.45, 2.75) is 20.8 Å². The molecule has 0 unspecified atom stereocenters. The average Bonchev–Trinajstić information content (AvgIpc) is 3.35. The Morgan fingerprint density at radius 3 is 1.04 bits per heavy atom. The Morgan fingerprint density at radius 2 is 0.662 bits per heavy atom. The maximum absolute atomic E-state index is 13.3. The predicted octanol–water partition coefficient (Wildman–Crippen LogP) is 5.50. The summed E-state index contributed by atoms with van der Waals surface area (Å²) in [4.78, 5) is 74.0. The van der Waals surface area contributed by atoms with Gasteiger partial charge >= 0.3 is 35.8 Å². The Kier molecular flexibility index (Phi) is 28.3. The number of benzene rings is 3. The van der Waals surface area contributed by atoms with Crippen LogP contribution in [0, 0.1) is 0 Å². The molecule has 3 aromatic rings. The monoisotopic (exact) mass is 994 g/mol. The summed E-state index contributed by atoms with van der Waals surface area (Å²) < 4.78 is 75.2. The Labute approximate surface area is 412 Å². The van der Waals surface area contributed by atoms with Crippen LogP contribution in [0.4, 0.5) is 0 Å². The lowest BCUT2D eigenvalue weighted by Gasteiger charge is -2.13. The minimum absolute atomic E-state index is 0.0638. The van der Waals surface area contributed by atoms with E-state index in [1.54, 1.807) is 38.1 Å². The molecule has 20 nitrogen and oxygen atoms in total. The molecule has 0 heterocycles. The van der Waals surface area contributed by atoms with Gasteiger partial charge in [0, 0.05) is 16.7 Å². The van der Waals surface area contributed by atoms with Gasteiger partial charge in [0.1, 0.15) is 68.2 Å². The molecule has 0 saturated heterocycles. The molecule has 0 amide bonds. The summed E-state index contributed by atoms with van der Waals surface area (Å²) in [5, 5.41) is 0. The third-order valence-corrected chi connectivity index (χ3v) is 8.76. The van der Waals surface area contributed by atoms with Crippen LogP contribution in [0.2, 0.25) is 0 Å². The molecule has 386 valence electrons. The van der Waals surface area contributed by atoms with Gasteiger partial charge < -0.3 is 66.3 Å². The molecule has 0 N–H and O–H groups in total. The molecule has 0 aliphatic heterocycles. The summed E-state index contributed by atoms with van der Waals surface area (Å²) in [5.41, 5.74) is 0.856. The van der Waals surface area contributed by atoms with E-state index in [0.717, 1.165) is 0 Å². The first kappa shape index (κ1) is 58.4. The minimum Gasteiger partial charge on any atom is -0.491 e. The Hall–Kier alpha value is -6.94. The van der Waals surface area contributed by atoms with Crippen molar-refractivity contribution in [1.82, 2.24) is 0 Å². The van der Waals surface area contributed by atoms with Crippen molar-refractivity contribution in [2.24, 2.45) is 0 Å². The van der Waals surface area contributed by atoms with Crippen molar-refractivity contribution in [1.29, 1.82) is 0 Å². The zero-order chi connectivity index (χ0) is 51.6. The van der Waals surface area contributed by atoms with Crippen molar-refractivity contribution in [3.63, 3.8) is 0 Å². The number of rotatable bonds is 37. The van der Waals surface area contributed by atoms with Gasteiger partial charge in [0.25, 0.3) is 0 Å². The van der Waals surface area contributed by atoms with Gasteiger partial charge in [-0.05, 0) is 87.5 Å². The summed E-state index contributed by atoms with van der Waals surface area (Å²) >= 11 is 0. The first-order chi connectivity index (χ1) is 34.2. The van der Waals surface area contributed by atoms with Crippen LogP contribution in [0.1, 0.15) is 51.8 Å². The van der Waals surface area contributed by atoms with Gasteiger partial charge in [0.15, 0.2) is 0 Å². The van der Waals surface area contributed by atoms with Crippen LogP contribution in [0.25, 0.3) is 0 Å². The number of esters is 6. The van der Waals surface area contributed by atoms with Gasteiger partial charge in [-0.1, -0.05) is 19.7 Å². The normalized spacial score (nSPS) is 10.6. The summed E-state index contributed by atoms with van der Waals surface area (Å²) in [7, 11) is 0. The Balaban J connectivity index is 1.43. The summed E-state index contributed by atoms with van der Waals surface area (Å²) in [6, 6.07) is 16.0. The highest BCUT2D eigenvalue weighted by atomic mass is 16.6. The third-order valence-electron chi connectivity index (χ3n) is 8.76. The van der Waals surface area contributed by atoms with Crippen molar-refractivity contribution in [2.75, 3.05) is 119 Å². The van der Waals surface area contributed by atoms with Crippen molar-refractivity contribution in [3.8, 4) is 23.0 Å². The number of carbonyl (C=O) groups is 6. The van der Waals surface area contributed by atoms with E-state index in [4.69, 9.17) is 66.3 Å². The van der Waals surface area contributed by atoms with E-state index in [1.807, 2.05) is 0 Å². The number of carbonyl (C=O) groups excluding carboxylic acids is 6. The van der Waals surface area contributed by atoms with E-state index >= 15 is 0 Å². The number of ether oxygens (including phenoxy) is 14. The lowest BCUT2D eigenvalue weighted by atomic mass is 10.1.